The number of fused-ring (bicyclic) bond motifs is 1. The molecular weight excluding hydrogens is 396 g/mol. The monoisotopic (exact) mass is 420 g/mol. The molecule has 5 nitrogen and oxygen atoms in total. The van der Waals surface area contributed by atoms with Gasteiger partial charge in [-0.25, -0.2) is 8.42 Å². The van der Waals surface area contributed by atoms with Gasteiger partial charge in [-0.2, -0.15) is 9.57 Å². The van der Waals surface area contributed by atoms with Crippen molar-refractivity contribution >= 4 is 20.8 Å². The summed E-state index contributed by atoms with van der Waals surface area (Å²) in [5.74, 6) is 0.553. The van der Waals surface area contributed by atoms with Crippen molar-refractivity contribution in [3.05, 3.63) is 71.8 Å². The minimum absolute atomic E-state index is 0.0875. The van der Waals surface area contributed by atoms with Crippen LogP contribution in [0.2, 0.25) is 0 Å². The highest BCUT2D eigenvalue weighted by Crippen LogP contribution is 2.41. The van der Waals surface area contributed by atoms with Gasteiger partial charge in [0.1, 0.15) is 5.75 Å². The van der Waals surface area contributed by atoms with E-state index >= 15 is 0 Å². The van der Waals surface area contributed by atoms with Gasteiger partial charge in [-0.05, 0) is 35.9 Å². The molecule has 1 aliphatic rings. The van der Waals surface area contributed by atoms with E-state index in [9.17, 15) is 13.7 Å². The number of methoxy groups -OCH3 is 1. The Balaban J connectivity index is 1.76. The maximum Gasteiger partial charge on any atom is 0.243 e. The zero-order valence-electron chi connectivity index (χ0n) is 17.1. The number of nitrogens with zero attached hydrogens (tertiary/aromatic N) is 2. The highest BCUT2D eigenvalue weighted by Gasteiger charge is 2.41. The highest BCUT2D eigenvalue weighted by molar-refractivity contribution is 7.89. The van der Waals surface area contributed by atoms with Crippen molar-refractivity contribution in [2.75, 3.05) is 20.2 Å². The van der Waals surface area contributed by atoms with Gasteiger partial charge in [-0.15, -0.1) is 0 Å². The van der Waals surface area contributed by atoms with Crippen LogP contribution in [0.15, 0.2) is 65.6 Å². The lowest BCUT2D eigenvalue weighted by atomic mass is 9.86. The summed E-state index contributed by atoms with van der Waals surface area (Å²) >= 11 is 0. The third kappa shape index (κ3) is 3.55. The molecule has 0 aliphatic carbocycles. The predicted molar refractivity (Wildman–Crippen MR) is 117 cm³/mol. The molecule has 6 heteroatoms. The highest BCUT2D eigenvalue weighted by atomic mass is 32.2. The molecule has 0 spiro atoms. The molecule has 1 saturated heterocycles. The molecule has 0 aromatic heterocycles. The van der Waals surface area contributed by atoms with E-state index in [-0.39, 0.29) is 11.8 Å². The number of ether oxygens (including phenoxy) is 1. The largest absolute Gasteiger partial charge is 0.496 e. The van der Waals surface area contributed by atoms with Gasteiger partial charge in [0.05, 0.1) is 18.1 Å². The molecular formula is C24H24N2O3S. The van der Waals surface area contributed by atoms with Gasteiger partial charge in [0, 0.05) is 30.8 Å². The van der Waals surface area contributed by atoms with E-state index in [1.54, 1.807) is 19.2 Å². The summed E-state index contributed by atoms with van der Waals surface area (Å²) < 4.78 is 34.3. The Bertz CT molecular complexity index is 1230. The van der Waals surface area contributed by atoms with Crippen molar-refractivity contribution in [3.8, 4) is 11.8 Å². The smallest absolute Gasteiger partial charge is 0.243 e. The molecule has 154 valence electrons. The standard InChI is InChI=1S/C24H24N2O3S/c1-17-10-11-23(29-2)21(14-17)22-16-26(15-19(22)12-13-25)30(27,28)24-9-5-7-18-6-3-4-8-20(18)24/h3-11,14,19,22H,12,15-16H2,1-2H3. The molecule has 1 heterocycles. The maximum absolute atomic E-state index is 13.6. The molecule has 3 aromatic rings. The lowest BCUT2D eigenvalue weighted by Crippen LogP contribution is -2.29. The van der Waals surface area contributed by atoms with E-state index in [0.717, 1.165) is 22.3 Å². The fraction of sp³-hybridized carbons (Fsp3) is 0.292. The molecule has 0 radical (unpaired) electrons. The van der Waals surface area contributed by atoms with E-state index in [2.05, 4.69) is 6.07 Å². The van der Waals surface area contributed by atoms with Crippen LogP contribution in [0, 0.1) is 24.2 Å². The summed E-state index contributed by atoms with van der Waals surface area (Å²) in [6.45, 7) is 2.65. The quantitative estimate of drug-likeness (QED) is 0.610. The van der Waals surface area contributed by atoms with Gasteiger partial charge in [0.15, 0.2) is 0 Å². The van der Waals surface area contributed by atoms with Gasteiger partial charge < -0.3 is 4.74 Å². The average molecular weight is 421 g/mol. The van der Waals surface area contributed by atoms with Crippen molar-refractivity contribution in [2.45, 2.75) is 24.2 Å². The van der Waals surface area contributed by atoms with Crippen LogP contribution >= 0.6 is 0 Å². The number of hydrogen-bond donors (Lipinski definition) is 0. The van der Waals surface area contributed by atoms with Gasteiger partial charge in [-0.1, -0.05) is 54.1 Å². The lowest BCUT2D eigenvalue weighted by Gasteiger charge is -2.20. The average Bonchev–Trinajstić information content (AvgIpc) is 3.18. The van der Waals surface area contributed by atoms with E-state index in [4.69, 9.17) is 4.74 Å². The lowest BCUT2D eigenvalue weighted by molar-refractivity contribution is 0.399. The molecule has 0 amide bonds. The second-order valence-electron chi connectivity index (χ2n) is 7.77. The molecule has 30 heavy (non-hydrogen) atoms. The number of hydrogen-bond acceptors (Lipinski definition) is 4. The van der Waals surface area contributed by atoms with Crippen molar-refractivity contribution < 1.29 is 13.2 Å². The van der Waals surface area contributed by atoms with E-state index in [1.807, 2.05) is 55.5 Å². The Morgan fingerprint density at radius 3 is 2.63 bits per heavy atom. The van der Waals surface area contributed by atoms with Crippen LogP contribution in [0.4, 0.5) is 0 Å². The van der Waals surface area contributed by atoms with E-state index in [0.29, 0.717) is 29.8 Å². The van der Waals surface area contributed by atoms with Crippen molar-refractivity contribution in [1.82, 2.24) is 4.31 Å². The van der Waals surface area contributed by atoms with Crippen LogP contribution in [-0.2, 0) is 10.0 Å². The topological polar surface area (TPSA) is 70.4 Å². The Kier molecular flexibility index (Phi) is 5.50. The first-order chi connectivity index (χ1) is 14.5. The maximum atomic E-state index is 13.6. The summed E-state index contributed by atoms with van der Waals surface area (Å²) in [6.07, 6.45) is 0.295. The second kappa shape index (κ2) is 8.10. The Morgan fingerprint density at radius 1 is 1.10 bits per heavy atom. The zero-order chi connectivity index (χ0) is 21.3. The second-order valence-corrected chi connectivity index (χ2v) is 9.68. The summed E-state index contributed by atoms with van der Waals surface area (Å²) in [7, 11) is -2.09. The number of sulfonamides is 1. The summed E-state index contributed by atoms with van der Waals surface area (Å²) in [5.41, 5.74) is 2.05. The van der Waals surface area contributed by atoms with Crippen LogP contribution in [0.25, 0.3) is 10.8 Å². The zero-order valence-corrected chi connectivity index (χ0v) is 17.9. The summed E-state index contributed by atoms with van der Waals surface area (Å²) in [4.78, 5) is 0.313. The third-order valence-electron chi connectivity index (χ3n) is 5.91. The van der Waals surface area contributed by atoms with Gasteiger partial charge in [0.2, 0.25) is 10.0 Å². The SMILES string of the molecule is COc1ccc(C)cc1C1CN(S(=O)(=O)c2cccc3ccccc23)CC1CC#N. The Labute approximate surface area is 177 Å². The summed E-state index contributed by atoms with van der Waals surface area (Å²) in [6, 6.07) is 21.0. The molecule has 1 fully saturated rings. The molecule has 3 aromatic carbocycles. The first-order valence-electron chi connectivity index (χ1n) is 9.95. The third-order valence-corrected chi connectivity index (χ3v) is 7.80. The number of benzene rings is 3. The Hall–Kier alpha value is -2.88. The van der Waals surface area contributed by atoms with Gasteiger partial charge >= 0.3 is 0 Å². The van der Waals surface area contributed by atoms with Crippen LogP contribution in [0.1, 0.15) is 23.5 Å². The van der Waals surface area contributed by atoms with Crippen LogP contribution in [0.3, 0.4) is 0 Å². The summed E-state index contributed by atoms with van der Waals surface area (Å²) in [5, 5.41) is 11.0. The van der Waals surface area contributed by atoms with E-state index < -0.39 is 10.0 Å². The minimum Gasteiger partial charge on any atom is -0.496 e. The van der Waals surface area contributed by atoms with Crippen molar-refractivity contribution in [2.24, 2.45) is 5.92 Å². The number of nitriles is 1. The molecule has 0 bridgehead atoms. The Morgan fingerprint density at radius 2 is 1.87 bits per heavy atom. The fourth-order valence-corrected chi connectivity index (χ4v) is 6.14. The van der Waals surface area contributed by atoms with Gasteiger partial charge in [0.25, 0.3) is 0 Å². The van der Waals surface area contributed by atoms with Gasteiger partial charge in [-0.3, -0.25) is 0 Å². The molecule has 2 atom stereocenters. The molecule has 4 rings (SSSR count). The molecule has 0 N–H and O–H groups in total. The van der Waals surface area contributed by atoms with Crippen molar-refractivity contribution in [1.29, 1.82) is 5.26 Å². The number of aryl methyl sites for hydroxylation is 1. The first-order valence-corrected chi connectivity index (χ1v) is 11.4. The first kappa shape index (κ1) is 20.4. The van der Waals surface area contributed by atoms with E-state index in [1.165, 1.54) is 4.31 Å². The van der Waals surface area contributed by atoms with Crippen molar-refractivity contribution in [3.63, 3.8) is 0 Å². The molecule has 1 aliphatic heterocycles. The minimum atomic E-state index is -3.70. The normalized spacial score (nSPS) is 19.6. The van der Waals surface area contributed by atoms with Crippen LogP contribution in [0.5, 0.6) is 5.75 Å². The molecule has 0 saturated carbocycles. The number of rotatable bonds is 5. The predicted octanol–water partition coefficient (Wildman–Crippen LogP) is 4.47. The molecule has 2 unspecified atom stereocenters. The van der Waals surface area contributed by atoms with Crippen LogP contribution < -0.4 is 4.74 Å². The van der Waals surface area contributed by atoms with Crippen LogP contribution in [-0.4, -0.2) is 32.9 Å². The fourth-order valence-electron chi connectivity index (χ4n) is 4.41.